The first-order chi connectivity index (χ1) is 8.40. The van der Waals surface area contributed by atoms with E-state index < -0.39 is 0 Å². The van der Waals surface area contributed by atoms with Gasteiger partial charge in [-0.05, 0) is 42.5 Å². The molecule has 1 rings (SSSR count). The molecule has 1 atom stereocenters. The van der Waals surface area contributed by atoms with Crippen molar-refractivity contribution in [3.8, 4) is 5.75 Å². The maximum absolute atomic E-state index is 5.33. The molecule has 0 aliphatic heterocycles. The van der Waals surface area contributed by atoms with E-state index in [9.17, 15) is 0 Å². The highest BCUT2D eigenvalue weighted by molar-refractivity contribution is 5.37. The van der Waals surface area contributed by atoms with Crippen LogP contribution in [-0.4, -0.2) is 13.7 Å². The zero-order valence-corrected chi connectivity index (χ0v) is 12.6. The molecule has 1 aromatic rings. The topological polar surface area (TPSA) is 21.3 Å². The Bertz CT molecular complexity index is 379. The summed E-state index contributed by atoms with van der Waals surface area (Å²) in [6.45, 7) is 12.2. The average molecular weight is 249 g/mol. The maximum Gasteiger partial charge on any atom is 0.121 e. The molecule has 0 heterocycles. The van der Waals surface area contributed by atoms with Gasteiger partial charge < -0.3 is 10.1 Å². The minimum absolute atomic E-state index is 0.205. The van der Waals surface area contributed by atoms with E-state index in [1.165, 1.54) is 11.1 Å². The highest BCUT2D eigenvalue weighted by Gasteiger charge is 2.25. The van der Waals surface area contributed by atoms with Crippen molar-refractivity contribution >= 4 is 0 Å². The molecule has 0 saturated carbocycles. The molecule has 1 aromatic carbocycles. The summed E-state index contributed by atoms with van der Waals surface area (Å²) in [5, 5.41) is 3.65. The highest BCUT2D eigenvalue weighted by atomic mass is 16.5. The Hall–Kier alpha value is -1.02. The fourth-order valence-electron chi connectivity index (χ4n) is 2.29. The quantitative estimate of drug-likeness (QED) is 0.848. The van der Waals surface area contributed by atoms with Gasteiger partial charge in [0.25, 0.3) is 0 Å². The van der Waals surface area contributed by atoms with Gasteiger partial charge in [0, 0.05) is 6.04 Å². The third-order valence-electron chi connectivity index (χ3n) is 3.22. The zero-order valence-electron chi connectivity index (χ0n) is 12.6. The van der Waals surface area contributed by atoms with Crippen LogP contribution in [0.2, 0.25) is 0 Å². The van der Waals surface area contributed by atoms with Gasteiger partial charge in [-0.1, -0.05) is 39.8 Å². The van der Waals surface area contributed by atoms with E-state index in [0.29, 0.717) is 6.04 Å². The largest absolute Gasteiger partial charge is 0.496 e. The molecule has 1 N–H and O–H groups in total. The first-order valence-electron chi connectivity index (χ1n) is 6.78. The molecule has 0 aromatic heterocycles. The van der Waals surface area contributed by atoms with Crippen molar-refractivity contribution in [1.82, 2.24) is 5.32 Å². The maximum atomic E-state index is 5.33. The van der Waals surface area contributed by atoms with Gasteiger partial charge >= 0.3 is 0 Å². The number of hydrogen-bond donors (Lipinski definition) is 1. The lowest BCUT2D eigenvalue weighted by atomic mass is 9.82. The Morgan fingerprint density at radius 3 is 2.39 bits per heavy atom. The number of nitrogens with one attached hydrogen (secondary N) is 1. The van der Waals surface area contributed by atoms with Crippen LogP contribution in [0.4, 0.5) is 0 Å². The summed E-state index contributed by atoms with van der Waals surface area (Å²) in [5.74, 6) is 0.960. The Balaban J connectivity index is 3.02. The summed E-state index contributed by atoms with van der Waals surface area (Å²) in [4.78, 5) is 0. The van der Waals surface area contributed by atoms with E-state index in [2.05, 4.69) is 58.1 Å². The average Bonchev–Trinajstić information content (AvgIpc) is 2.28. The predicted octanol–water partition coefficient (Wildman–Crippen LogP) is 4.09. The molecule has 0 saturated heterocycles. The monoisotopic (exact) mass is 249 g/mol. The Morgan fingerprint density at radius 2 is 1.94 bits per heavy atom. The summed E-state index contributed by atoms with van der Waals surface area (Å²) < 4.78 is 5.33. The van der Waals surface area contributed by atoms with Crippen LogP contribution in [-0.2, 0) is 0 Å². The van der Waals surface area contributed by atoms with Crippen LogP contribution in [0, 0.1) is 12.3 Å². The van der Waals surface area contributed by atoms with Crippen LogP contribution >= 0.6 is 0 Å². The molecule has 2 heteroatoms. The van der Waals surface area contributed by atoms with Crippen LogP contribution in [0.25, 0.3) is 0 Å². The number of benzene rings is 1. The predicted molar refractivity (Wildman–Crippen MR) is 78.2 cm³/mol. The third-order valence-corrected chi connectivity index (χ3v) is 3.22. The fraction of sp³-hybridized carbons (Fsp3) is 0.625. The minimum atomic E-state index is 0.205. The SMILES string of the molecule is CCCNC(c1ccc(OC)c(C)c1)C(C)(C)C. The molecular weight excluding hydrogens is 222 g/mol. The number of hydrogen-bond acceptors (Lipinski definition) is 2. The van der Waals surface area contributed by atoms with Crippen LogP contribution in [0.5, 0.6) is 5.75 Å². The number of methoxy groups -OCH3 is 1. The van der Waals surface area contributed by atoms with E-state index in [-0.39, 0.29) is 5.41 Å². The van der Waals surface area contributed by atoms with Gasteiger partial charge in [0.15, 0.2) is 0 Å². The summed E-state index contributed by atoms with van der Waals surface area (Å²) in [7, 11) is 1.72. The molecule has 0 amide bonds. The van der Waals surface area contributed by atoms with Crippen molar-refractivity contribution in [3.63, 3.8) is 0 Å². The Labute approximate surface area is 112 Å². The van der Waals surface area contributed by atoms with Crippen molar-refractivity contribution in [2.45, 2.75) is 47.1 Å². The van der Waals surface area contributed by atoms with Crippen LogP contribution in [0.1, 0.15) is 51.3 Å². The lowest BCUT2D eigenvalue weighted by Gasteiger charge is -2.32. The lowest BCUT2D eigenvalue weighted by molar-refractivity contribution is 0.273. The van der Waals surface area contributed by atoms with Gasteiger partial charge in [0.1, 0.15) is 5.75 Å². The van der Waals surface area contributed by atoms with Crippen LogP contribution in [0.15, 0.2) is 18.2 Å². The van der Waals surface area contributed by atoms with E-state index in [0.717, 1.165) is 18.7 Å². The number of rotatable bonds is 5. The molecule has 2 nitrogen and oxygen atoms in total. The normalized spacial score (nSPS) is 13.4. The standard InChI is InChI=1S/C16H27NO/c1-7-10-17-15(16(3,4)5)13-8-9-14(18-6)12(2)11-13/h8-9,11,15,17H,7,10H2,1-6H3. The van der Waals surface area contributed by atoms with Crippen molar-refractivity contribution < 1.29 is 4.74 Å². The fourth-order valence-corrected chi connectivity index (χ4v) is 2.29. The van der Waals surface area contributed by atoms with Crippen LogP contribution < -0.4 is 10.1 Å². The van der Waals surface area contributed by atoms with Gasteiger partial charge in [-0.2, -0.15) is 0 Å². The number of ether oxygens (including phenoxy) is 1. The van der Waals surface area contributed by atoms with Gasteiger partial charge in [0.05, 0.1) is 7.11 Å². The van der Waals surface area contributed by atoms with Crippen molar-refractivity contribution in [2.75, 3.05) is 13.7 Å². The second-order valence-electron chi connectivity index (χ2n) is 5.98. The molecule has 0 spiro atoms. The van der Waals surface area contributed by atoms with Crippen molar-refractivity contribution in [2.24, 2.45) is 5.41 Å². The summed E-state index contributed by atoms with van der Waals surface area (Å²) in [6, 6.07) is 6.85. The highest BCUT2D eigenvalue weighted by Crippen LogP contribution is 2.34. The molecule has 0 aliphatic rings. The lowest BCUT2D eigenvalue weighted by Crippen LogP contribution is -2.32. The second-order valence-corrected chi connectivity index (χ2v) is 5.98. The molecule has 0 aliphatic carbocycles. The molecule has 0 bridgehead atoms. The van der Waals surface area contributed by atoms with E-state index in [1.807, 2.05) is 0 Å². The van der Waals surface area contributed by atoms with Gasteiger partial charge in [0.2, 0.25) is 0 Å². The molecule has 102 valence electrons. The molecule has 1 unspecified atom stereocenters. The Kier molecular flexibility index (Phi) is 5.21. The molecule has 18 heavy (non-hydrogen) atoms. The summed E-state index contributed by atoms with van der Waals surface area (Å²) >= 11 is 0. The smallest absolute Gasteiger partial charge is 0.121 e. The van der Waals surface area contributed by atoms with Gasteiger partial charge in [-0.15, -0.1) is 0 Å². The number of aryl methyl sites for hydroxylation is 1. The van der Waals surface area contributed by atoms with Gasteiger partial charge in [-0.3, -0.25) is 0 Å². The third kappa shape index (κ3) is 3.74. The molecule has 0 radical (unpaired) electrons. The van der Waals surface area contributed by atoms with Gasteiger partial charge in [-0.25, -0.2) is 0 Å². The van der Waals surface area contributed by atoms with Crippen molar-refractivity contribution in [1.29, 1.82) is 0 Å². The first-order valence-corrected chi connectivity index (χ1v) is 6.78. The second kappa shape index (κ2) is 6.24. The summed E-state index contributed by atoms with van der Waals surface area (Å²) in [6.07, 6.45) is 1.15. The van der Waals surface area contributed by atoms with E-state index in [1.54, 1.807) is 7.11 Å². The molecule has 0 fully saturated rings. The van der Waals surface area contributed by atoms with E-state index >= 15 is 0 Å². The minimum Gasteiger partial charge on any atom is -0.496 e. The Morgan fingerprint density at radius 1 is 1.28 bits per heavy atom. The zero-order chi connectivity index (χ0) is 13.8. The van der Waals surface area contributed by atoms with Crippen LogP contribution in [0.3, 0.4) is 0 Å². The molecular formula is C16H27NO. The summed E-state index contributed by atoms with van der Waals surface area (Å²) in [5.41, 5.74) is 2.74. The van der Waals surface area contributed by atoms with E-state index in [4.69, 9.17) is 4.74 Å². The first kappa shape index (κ1) is 15.0. The van der Waals surface area contributed by atoms with Crippen molar-refractivity contribution in [3.05, 3.63) is 29.3 Å².